The third-order valence-electron chi connectivity index (χ3n) is 4.41. The topological polar surface area (TPSA) is 65.0 Å². The molecule has 25 heavy (non-hydrogen) atoms. The zero-order chi connectivity index (χ0) is 18.0. The molecule has 1 N–H and O–H groups in total. The standard InChI is InChI=1S/C20H20O5/c1-12-15-9-13(5-4-8-21)10-18(24-3)20(15)25-19(12)14-6-7-16(22)17(11-14)23-2/h4-12,19,22H,1-3H3/b5-4+/t12-,19-/m0/s1. The van der Waals surface area contributed by atoms with Crippen LogP contribution in [0.25, 0.3) is 6.08 Å². The van der Waals surface area contributed by atoms with Gasteiger partial charge < -0.3 is 19.3 Å². The second-order valence-electron chi connectivity index (χ2n) is 5.90. The number of carbonyl (C=O) groups excluding carboxylic acids is 1. The third kappa shape index (κ3) is 3.05. The van der Waals surface area contributed by atoms with Crippen molar-refractivity contribution in [2.45, 2.75) is 18.9 Å². The summed E-state index contributed by atoms with van der Waals surface area (Å²) in [5.74, 6) is 1.90. The molecule has 1 aliphatic rings. The zero-order valence-electron chi connectivity index (χ0n) is 14.4. The van der Waals surface area contributed by atoms with Crippen LogP contribution in [0.15, 0.2) is 36.4 Å². The number of phenols is 1. The molecular formula is C20H20O5. The molecule has 0 saturated carbocycles. The van der Waals surface area contributed by atoms with Crippen molar-refractivity contribution in [3.05, 3.63) is 53.1 Å². The van der Waals surface area contributed by atoms with Crippen molar-refractivity contribution in [1.29, 1.82) is 0 Å². The Morgan fingerprint density at radius 3 is 2.56 bits per heavy atom. The van der Waals surface area contributed by atoms with E-state index in [0.717, 1.165) is 23.0 Å². The van der Waals surface area contributed by atoms with Crippen LogP contribution in [0.3, 0.4) is 0 Å². The Bertz CT molecular complexity index is 825. The molecule has 3 rings (SSSR count). The zero-order valence-corrected chi connectivity index (χ0v) is 14.4. The summed E-state index contributed by atoms with van der Waals surface area (Å²) in [6.07, 6.45) is 3.71. The molecule has 0 aromatic heterocycles. The second kappa shape index (κ2) is 6.89. The Labute approximate surface area is 146 Å². The number of phenolic OH excluding ortho intramolecular Hbond substituents is 1. The van der Waals surface area contributed by atoms with Gasteiger partial charge in [-0.2, -0.15) is 0 Å². The lowest BCUT2D eigenvalue weighted by atomic mass is 9.91. The van der Waals surface area contributed by atoms with E-state index in [0.29, 0.717) is 17.2 Å². The first-order valence-electron chi connectivity index (χ1n) is 7.96. The summed E-state index contributed by atoms with van der Waals surface area (Å²) in [7, 11) is 3.11. The molecule has 0 spiro atoms. The molecule has 0 aliphatic carbocycles. The van der Waals surface area contributed by atoms with Crippen molar-refractivity contribution < 1.29 is 24.1 Å². The van der Waals surface area contributed by atoms with Gasteiger partial charge in [-0.1, -0.05) is 19.1 Å². The molecule has 5 nitrogen and oxygen atoms in total. The largest absolute Gasteiger partial charge is 0.504 e. The van der Waals surface area contributed by atoms with E-state index < -0.39 is 0 Å². The minimum atomic E-state index is -0.219. The quantitative estimate of drug-likeness (QED) is 0.661. The summed E-state index contributed by atoms with van der Waals surface area (Å²) in [5.41, 5.74) is 2.80. The fourth-order valence-electron chi connectivity index (χ4n) is 3.13. The molecule has 0 saturated heterocycles. The van der Waals surface area contributed by atoms with Gasteiger partial charge in [-0.05, 0) is 41.5 Å². The van der Waals surface area contributed by atoms with Gasteiger partial charge in [-0.15, -0.1) is 0 Å². The fraction of sp³-hybridized carbons (Fsp3) is 0.250. The van der Waals surface area contributed by atoms with Gasteiger partial charge in [0, 0.05) is 11.5 Å². The Morgan fingerprint density at radius 2 is 1.88 bits per heavy atom. The first-order chi connectivity index (χ1) is 12.1. The van der Waals surface area contributed by atoms with E-state index >= 15 is 0 Å². The maximum absolute atomic E-state index is 10.6. The van der Waals surface area contributed by atoms with Gasteiger partial charge in [-0.25, -0.2) is 0 Å². The molecule has 1 aliphatic heterocycles. The average molecular weight is 340 g/mol. The number of rotatable bonds is 5. The van der Waals surface area contributed by atoms with Crippen molar-refractivity contribution >= 4 is 12.4 Å². The van der Waals surface area contributed by atoms with Gasteiger partial charge in [0.15, 0.2) is 23.0 Å². The SMILES string of the molecule is COc1cc([C@H]2Oc3c(OC)cc(/C=C/C=O)cc3[C@@H]2C)ccc1O. The number of allylic oxidation sites excluding steroid dienone is 1. The number of ether oxygens (including phenoxy) is 3. The Morgan fingerprint density at radius 1 is 1.12 bits per heavy atom. The molecule has 1 heterocycles. The highest BCUT2D eigenvalue weighted by Crippen LogP contribution is 2.51. The van der Waals surface area contributed by atoms with Crippen molar-refractivity contribution in [3.63, 3.8) is 0 Å². The lowest BCUT2D eigenvalue weighted by Gasteiger charge is -2.17. The predicted octanol–water partition coefficient (Wildman–Crippen LogP) is 3.86. The van der Waals surface area contributed by atoms with Crippen LogP contribution in [0, 0.1) is 0 Å². The summed E-state index contributed by atoms with van der Waals surface area (Å²) in [6.45, 7) is 2.07. The van der Waals surface area contributed by atoms with Crippen molar-refractivity contribution in [2.75, 3.05) is 14.2 Å². The van der Waals surface area contributed by atoms with Crippen LogP contribution >= 0.6 is 0 Å². The number of fused-ring (bicyclic) bond motifs is 1. The van der Waals surface area contributed by atoms with Gasteiger partial charge in [-0.3, -0.25) is 4.79 Å². The molecule has 2 aromatic rings. The summed E-state index contributed by atoms with van der Waals surface area (Å²) in [6, 6.07) is 9.04. The first kappa shape index (κ1) is 16.9. The van der Waals surface area contributed by atoms with Crippen LogP contribution in [0.1, 0.15) is 35.6 Å². The molecular weight excluding hydrogens is 320 g/mol. The van der Waals surface area contributed by atoms with Crippen LogP contribution in [-0.2, 0) is 4.79 Å². The van der Waals surface area contributed by atoms with Crippen LogP contribution < -0.4 is 14.2 Å². The predicted molar refractivity (Wildman–Crippen MR) is 94.5 cm³/mol. The van der Waals surface area contributed by atoms with Gasteiger partial charge in [0.05, 0.1) is 14.2 Å². The smallest absolute Gasteiger partial charge is 0.165 e. The second-order valence-corrected chi connectivity index (χ2v) is 5.90. The molecule has 0 radical (unpaired) electrons. The van der Waals surface area contributed by atoms with Crippen LogP contribution in [-0.4, -0.2) is 25.6 Å². The Hall–Kier alpha value is -2.95. The molecule has 2 atom stereocenters. The molecule has 0 bridgehead atoms. The van der Waals surface area contributed by atoms with E-state index in [4.69, 9.17) is 14.2 Å². The number of aldehydes is 1. The van der Waals surface area contributed by atoms with E-state index in [1.165, 1.54) is 13.2 Å². The minimum Gasteiger partial charge on any atom is -0.504 e. The summed E-state index contributed by atoms with van der Waals surface area (Å²) >= 11 is 0. The van der Waals surface area contributed by atoms with E-state index in [1.54, 1.807) is 25.3 Å². The molecule has 0 amide bonds. The van der Waals surface area contributed by atoms with E-state index in [9.17, 15) is 9.90 Å². The van der Waals surface area contributed by atoms with Crippen LogP contribution in [0.4, 0.5) is 0 Å². The van der Waals surface area contributed by atoms with E-state index in [-0.39, 0.29) is 17.8 Å². The van der Waals surface area contributed by atoms with Crippen LogP contribution in [0.2, 0.25) is 0 Å². The summed E-state index contributed by atoms with van der Waals surface area (Å²) in [4.78, 5) is 10.6. The average Bonchev–Trinajstić information content (AvgIpc) is 2.96. The number of hydrogen-bond donors (Lipinski definition) is 1. The van der Waals surface area contributed by atoms with Gasteiger partial charge in [0.25, 0.3) is 0 Å². The van der Waals surface area contributed by atoms with Gasteiger partial charge in [0.2, 0.25) is 0 Å². The molecule has 130 valence electrons. The van der Waals surface area contributed by atoms with Crippen LogP contribution in [0.5, 0.6) is 23.0 Å². The highest BCUT2D eigenvalue weighted by atomic mass is 16.5. The lowest BCUT2D eigenvalue weighted by Crippen LogP contribution is -2.07. The van der Waals surface area contributed by atoms with Crippen molar-refractivity contribution in [2.24, 2.45) is 0 Å². The first-order valence-corrected chi connectivity index (χ1v) is 7.96. The van der Waals surface area contributed by atoms with Gasteiger partial charge >= 0.3 is 0 Å². The highest BCUT2D eigenvalue weighted by molar-refractivity contribution is 5.75. The summed E-state index contributed by atoms with van der Waals surface area (Å²) in [5, 5.41) is 9.80. The Balaban J connectivity index is 2.01. The van der Waals surface area contributed by atoms with Crippen molar-refractivity contribution in [3.8, 4) is 23.0 Å². The Kier molecular flexibility index (Phi) is 4.65. The lowest BCUT2D eigenvalue weighted by molar-refractivity contribution is -0.104. The summed E-state index contributed by atoms with van der Waals surface area (Å²) < 4.78 is 16.8. The maximum atomic E-state index is 10.6. The molecule has 5 heteroatoms. The maximum Gasteiger partial charge on any atom is 0.165 e. The van der Waals surface area contributed by atoms with Gasteiger partial charge in [0.1, 0.15) is 12.4 Å². The van der Waals surface area contributed by atoms with E-state index in [1.807, 2.05) is 18.2 Å². The number of carbonyl (C=O) groups is 1. The van der Waals surface area contributed by atoms with Crippen molar-refractivity contribution in [1.82, 2.24) is 0 Å². The third-order valence-corrected chi connectivity index (χ3v) is 4.41. The monoisotopic (exact) mass is 340 g/mol. The van der Waals surface area contributed by atoms with E-state index in [2.05, 4.69) is 6.92 Å². The molecule has 0 fully saturated rings. The number of aromatic hydroxyl groups is 1. The molecule has 0 unspecified atom stereocenters. The molecule has 2 aromatic carbocycles. The number of methoxy groups -OCH3 is 2. The number of benzene rings is 2. The fourth-order valence-corrected chi connectivity index (χ4v) is 3.13. The minimum absolute atomic E-state index is 0.0720. The number of hydrogen-bond acceptors (Lipinski definition) is 5. The normalized spacial score (nSPS) is 18.7. The highest BCUT2D eigenvalue weighted by Gasteiger charge is 2.35.